The predicted octanol–water partition coefficient (Wildman–Crippen LogP) is 0.824. The molecule has 6 heteroatoms. The largest absolute Gasteiger partial charge is 0.467 e. The van der Waals surface area contributed by atoms with E-state index in [0.717, 1.165) is 38.5 Å². The summed E-state index contributed by atoms with van der Waals surface area (Å²) in [5.41, 5.74) is -0.614. The molecule has 3 atom stereocenters. The van der Waals surface area contributed by atoms with Gasteiger partial charge < -0.3 is 20.1 Å². The second-order valence-corrected chi connectivity index (χ2v) is 8.59. The van der Waals surface area contributed by atoms with Crippen molar-refractivity contribution in [3.8, 4) is 0 Å². The molecule has 1 amide bonds. The number of nitrogens with one attached hydrogen (secondary N) is 1. The molecule has 24 heavy (non-hydrogen) atoms. The lowest BCUT2D eigenvalue weighted by Crippen LogP contribution is -2.65. The van der Waals surface area contributed by atoms with E-state index in [2.05, 4.69) is 5.32 Å². The standard InChI is InChI=1S/C18H28N2O4/c1-24-16(22)14-3-2-4-20(14)15(21)10-19-17-6-12-5-13(7-17)9-18(23,8-12)11-17/h12-14,19,23H,2-11H2,1H3. The first-order valence-corrected chi connectivity index (χ1v) is 9.27. The molecule has 5 aliphatic rings. The van der Waals surface area contributed by atoms with Gasteiger partial charge in [0.1, 0.15) is 6.04 Å². The summed E-state index contributed by atoms with van der Waals surface area (Å²) in [7, 11) is 1.37. The van der Waals surface area contributed by atoms with Crippen molar-refractivity contribution < 1.29 is 19.4 Å². The molecule has 0 spiro atoms. The van der Waals surface area contributed by atoms with Crippen LogP contribution in [-0.4, -0.2) is 59.3 Å². The monoisotopic (exact) mass is 336 g/mol. The minimum absolute atomic E-state index is 0.0226. The van der Waals surface area contributed by atoms with Crippen molar-refractivity contribution in [2.24, 2.45) is 11.8 Å². The first-order chi connectivity index (χ1) is 11.4. The molecular weight excluding hydrogens is 308 g/mol. The Kier molecular flexibility index (Phi) is 3.88. The molecule has 134 valence electrons. The van der Waals surface area contributed by atoms with Crippen molar-refractivity contribution >= 4 is 11.9 Å². The Labute approximate surface area is 142 Å². The van der Waals surface area contributed by atoms with E-state index < -0.39 is 11.6 Å². The summed E-state index contributed by atoms with van der Waals surface area (Å²) in [6.07, 6.45) is 7.53. The fraction of sp³-hybridized carbons (Fsp3) is 0.889. The van der Waals surface area contributed by atoms with Crippen LogP contribution in [0.25, 0.3) is 0 Å². The van der Waals surface area contributed by atoms with E-state index in [1.807, 2.05) is 0 Å². The van der Waals surface area contributed by atoms with Gasteiger partial charge in [-0.1, -0.05) is 0 Å². The number of ether oxygens (including phenoxy) is 1. The van der Waals surface area contributed by atoms with Crippen LogP contribution in [0.4, 0.5) is 0 Å². The minimum Gasteiger partial charge on any atom is -0.467 e. The van der Waals surface area contributed by atoms with Crippen LogP contribution in [0.5, 0.6) is 0 Å². The van der Waals surface area contributed by atoms with E-state index in [9.17, 15) is 14.7 Å². The first kappa shape index (κ1) is 16.3. The van der Waals surface area contributed by atoms with Gasteiger partial charge in [-0.15, -0.1) is 0 Å². The van der Waals surface area contributed by atoms with E-state index in [0.29, 0.717) is 24.8 Å². The molecule has 5 fully saturated rings. The number of amides is 1. The van der Waals surface area contributed by atoms with Crippen LogP contribution < -0.4 is 5.32 Å². The van der Waals surface area contributed by atoms with Crippen LogP contribution in [0.2, 0.25) is 0 Å². The number of hydrogen-bond acceptors (Lipinski definition) is 5. The highest BCUT2D eigenvalue weighted by Crippen LogP contribution is 2.57. The molecule has 1 aliphatic heterocycles. The Bertz CT molecular complexity index is 535. The predicted molar refractivity (Wildman–Crippen MR) is 87.1 cm³/mol. The molecule has 2 N–H and O–H groups in total. The summed E-state index contributed by atoms with van der Waals surface area (Å²) in [4.78, 5) is 26.1. The third kappa shape index (κ3) is 2.73. The van der Waals surface area contributed by atoms with Gasteiger partial charge in [-0.2, -0.15) is 0 Å². The molecule has 4 aliphatic carbocycles. The van der Waals surface area contributed by atoms with E-state index in [1.165, 1.54) is 13.5 Å². The number of esters is 1. The molecule has 5 rings (SSSR count). The average molecular weight is 336 g/mol. The fourth-order valence-corrected chi connectivity index (χ4v) is 6.23. The molecule has 3 unspecified atom stereocenters. The second-order valence-electron chi connectivity index (χ2n) is 8.59. The van der Waals surface area contributed by atoms with Crippen molar-refractivity contribution in [3.05, 3.63) is 0 Å². The summed E-state index contributed by atoms with van der Waals surface area (Å²) < 4.78 is 4.82. The Morgan fingerprint density at radius 1 is 1.25 bits per heavy atom. The van der Waals surface area contributed by atoms with Crippen molar-refractivity contribution in [1.82, 2.24) is 10.2 Å². The smallest absolute Gasteiger partial charge is 0.328 e. The lowest BCUT2D eigenvalue weighted by Gasteiger charge is -2.60. The lowest BCUT2D eigenvalue weighted by molar-refractivity contribution is -0.153. The van der Waals surface area contributed by atoms with Gasteiger partial charge in [-0.25, -0.2) is 4.79 Å². The van der Waals surface area contributed by atoms with Gasteiger partial charge in [0.25, 0.3) is 0 Å². The van der Waals surface area contributed by atoms with Crippen LogP contribution >= 0.6 is 0 Å². The zero-order valence-electron chi connectivity index (χ0n) is 14.4. The quantitative estimate of drug-likeness (QED) is 0.743. The summed E-state index contributed by atoms with van der Waals surface area (Å²) in [5, 5.41) is 14.3. The number of likely N-dealkylation sites (tertiary alicyclic amines) is 1. The Morgan fingerprint density at radius 2 is 1.96 bits per heavy atom. The highest BCUT2D eigenvalue weighted by Gasteiger charge is 2.57. The fourth-order valence-electron chi connectivity index (χ4n) is 6.23. The van der Waals surface area contributed by atoms with Gasteiger partial charge in [-0.3, -0.25) is 4.79 Å². The van der Waals surface area contributed by atoms with E-state index in [-0.39, 0.29) is 24.0 Å². The Morgan fingerprint density at radius 3 is 2.58 bits per heavy atom. The molecule has 6 nitrogen and oxygen atoms in total. The molecule has 4 bridgehead atoms. The minimum atomic E-state index is -0.525. The van der Waals surface area contributed by atoms with E-state index in [4.69, 9.17) is 4.74 Å². The SMILES string of the molecule is COC(=O)C1CCCN1C(=O)CNC12CC3CC(CC(O)(C3)C1)C2. The first-order valence-electron chi connectivity index (χ1n) is 9.27. The summed E-state index contributed by atoms with van der Waals surface area (Å²) >= 11 is 0. The zero-order valence-corrected chi connectivity index (χ0v) is 14.4. The van der Waals surface area contributed by atoms with Crippen molar-refractivity contribution in [2.45, 2.75) is 68.5 Å². The van der Waals surface area contributed by atoms with Gasteiger partial charge in [0.15, 0.2) is 0 Å². The van der Waals surface area contributed by atoms with Crippen LogP contribution in [0.3, 0.4) is 0 Å². The molecule has 0 aromatic carbocycles. The number of hydrogen-bond donors (Lipinski definition) is 2. The van der Waals surface area contributed by atoms with Crippen LogP contribution in [0.15, 0.2) is 0 Å². The van der Waals surface area contributed by atoms with Crippen molar-refractivity contribution in [2.75, 3.05) is 20.2 Å². The molecular formula is C18H28N2O4. The second kappa shape index (κ2) is 5.70. The van der Waals surface area contributed by atoms with Gasteiger partial charge in [-0.05, 0) is 63.2 Å². The molecule has 0 aromatic rings. The summed E-state index contributed by atoms with van der Waals surface area (Å²) in [5.74, 6) is 0.845. The van der Waals surface area contributed by atoms with Gasteiger partial charge in [0.05, 0.1) is 19.3 Å². The average Bonchev–Trinajstić information content (AvgIpc) is 2.99. The Hall–Kier alpha value is -1.14. The number of rotatable bonds is 4. The number of nitrogens with zero attached hydrogens (tertiary/aromatic N) is 1. The number of carbonyl (C=O) groups is 2. The maximum absolute atomic E-state index is 12.6. The van der Waals surface area contributed by atoms with Gasteiger partial charge >= 0.3 is 5.97 Å². The van der Waals surface area contributed by atoms with E-state index in [1.54, 1.807) is 4.90 Å². The maximum Gasteiger partial charge on any atom is 0.328 e. The van der Waals surface area contributed by atoms with Crippen molar-refractivity contribution in [1.29, 1.82) is 0 Å². The molecule has 1 heterocycles. The van der Waals surface area contributed by atoms with Crippen LogP contribution in [-0.2, 0) is 14.3 Å². The topological polar surface area (TPSA) is 78.9 Å². The highest BCUT2D eigenvalue weighted by molar-refractivity contribution is 5.86. The number of carbonyl (C=O) groups excluding carboxylic acids is 2. The number of aliphatic hydroxyl groups is 1. The van der Waals surface area contributed by atoms with Crippen LogP contribution in [0, 0.1) is 11.8 Å². The summed E-state index contributed by atoms with van der Waals surface area (Å²) in [6, 6.07) is -0.426. The van der Waals surface area contributed by atoms with Gasteiger partial charge in [0, 0.05) is 12.1 Å². The Balaban J connectivity index is 1.40. The third-order valence-corrected chi connectivity index (χ3v) is 6.69. The number of methoxy groups -OCH3 is 1. The molecule has 0 radical (unpaired) electrons. The molecule has 0 aromatic heterocycles. The van der Waals surface area contributed by atoms with Crippen molar-refractivity contribution in [3.63, 3.8) is 0 Å². The lowest BCUT2D eigenvalue weighted by atomic mass is 9.51. The van der Waals surface area contributed by atoms with Crippen LogP contribution in [0.1, 0.15) is 51.4 Å². The summed E-state index contributed by atoms with van der Waals surface area (Å²) in [6.45, 7) is 0.880. The normalized spacial score (nSPS) is 43.2. The van der Waals surface area contributed by atoms with E-state index >= 15 is 0 Å². The zero-order chi connectivity index (χ0) is 16.9. The highest BCUT2D eigenvalue weighted by atomic mass is 16.5. The molecule has 4 saturated carbocycles. The third-order valence-electron chi connectivity index (χ3n) is 6.69. The van der Waals surface area contributed by atoms with Gasteiger partial charge in [0.2, 0.25) is 5.91 Å². The molecule has 1 saturated heterocycles. The maximum atomic E-state index is 12.6.